The number of para-hydroxylation sites is 2. The lowest BCUT2D eigenvalue weighted by molar-refractivity contribution is 0.488. The number of oxazole rings is 1. The fourth-order valence-corrected chi connectivity index (χ4v) is 11.0. The molecule has 0 N–H and O–H groups in total. The van der Waals surface area contributed by atoms with Crippen LogP contribution in [0.5, 0.6) is 11.5 Å². The Balaban J connectivity index is 1.17. The molecule has 0 atom stereocenters. The number of hydrogen-bond donors (Lipinski definition) is 0. The van der Waals surface area contributed by atoms with Crippen molar-refractivity contribution in [2.75, 3.05) is 0 Å². The van der Waals surface area contributed by atoms with Crippen molar-refractivity contribution in [3.05, 3.63) is 157 Å². The van der Waals surface area contributed by atoms with Crippen LogP contribution < -0.4 is 15.1 Å². The van der Waals surface area contributed by atoms with Gasteiger partial charge in [-0.25, -0.2) is 9.97 Å². The second kappa shape index (κ2) is 12.2. The van der Waals surface area contributed by atoms with Crippen LogP contribution >= 0.6 is 0 Å². The number of nitrogens with zero attached hydrogens (tertiary/aromatic N) is 4. The molecule has 0 spiro atoms. The Morgan fingerprint density at radius 2 is 1.32 bits per heavy atom. The van der Waals surface area contributed by atoms with E-state index in [2.05, 4.69) is 9.97 Å². The molecule has 6 nitrogen and oxygen atoms in total. The van der Waals surface area contributed by atoms with Gasteiger partial charge in [-0.1, -0.05) is 110 Å². The molecule has 10 aromatic rings. The summed E-state index contributed by atoms with van der Waals surface area (Å²) < 4.78 is 151. The fraction of sp³-hybridized carbons (Fsp3) is 0.0962. The van der Waals surface area contributed by atoms with Crippen LogP contribution in [0.15, 0.2) is 144 Å². The molecule has 0 fully saturated rings. The van der Waals surface area contributed by atoms with E-state index in [0.29, 0.717) is 27.8 Å². The Labute approximate surface area is 363 Å². The van der Waals surface area contributed by atoms with Crippen LogP contribution in [0.3, 0.4) is 0 Å². The lowest BCUT2D eigenvalue weighted by atomic mass is 9.82. The van der Waals surface area contributed by atoms with Crippen molar-refractivity contribution in [3.8, 4) is 78.4 Å². The zero-order valence-electron chi connectivity index (χ0n) is 45.9. The van der Waals surface area contributed by atoms with Crippen molar-refractivity contribution in [2.45, 2.75) is 33.5 Å². The number of hydrogen-bond acceptors (Lipinski definition) is 5. The zero-order valence-corrected chi connectivity index (χ0v) is 31.9. The highest BCUT2D eigenvalue weighted by Crippen LogP contribution is 2.49. The first-order valence-corrected chi connectivity index (χ1v) is 20.9. The van der Waals surface area contributed by atoms with Gasteiger partial charge < -0.3 is 9.15 Å². The molecule has 1 aliphatic heterocycles. The third-order valence-electron chi connectivity index (χ3n) is 11.7. The highest BCUT2D eigenvalue weighted by molar-refractivity contribution is 7.02. The maximum atomic E-state index is 9.40. The van der Waals surface area contributed by atoms with Crippen LogP contribution in [0.4, 0.5) is 0 Å². The number of aromatic nitrogens is 4. The van der Waals surface area contributed by atoms with E-state index in [4.69, 9.17) is 26.5 Å². The van der Waals surface area contributed by atoms with Crippen molar-refractivity contribution >= 4 is 46.4 Å². The first-order valence-electron chi connectivity index (χ1n) is 26.4. The minimum absolute atomic E-state index is 0.0573. The first-order chi connectivity index (χ1) is 34.9. The third-order valence-corrected chi connectivity index (χ3v) is 14.1. The molecule has 59 heavy (non-hydrogen) atoms. The highest BCUT2D eigenvalue weighted by atomic mass is 28.3. The average molecular weight is 794 g/mol. The van der Waals surface area contributed by atoms with E-state index < -0.39 is 52.9 Å². The van der Waals surface area contributed by atoms with E-state index in [-0.39, 0.29) is 60.9 Å². The normalized spacial score (nSPS) is 18.3. The number of imidazole rings is 1. The van der Waals surface area contributed by atoms with Gasteiger partial charge in [0.1, 0.15) is 25.9 Å². The van der Waals surface area contributed by atoms with Crippen LogP contribution in [0.1, 0.15) is 37.3 Å². The molecule has 282 valence electrons. The first kappa shape index (κ1) is 22.2. The molecule has 3 aromatic heterocycles. The lowest BCUT2D eigenvalue weighted by Crippen LogP contribution is -2.56. The van der Waals surface area contributed by atoms with Gasteiger partial charge in [0, 0.05) is 49.0 Å². The summed E-state index contributed by atoms with van der Waals surface area (Å²) in [4.78, 5) is 13.7. The molecular formula is C52H38N4O2Si. The molecular weight excluding hydrogens is 741 g/mol. The number of benzene rings is 7. The van der Waals surface area contributed by atoms with Gasteiger partial charge in [0.15, 0.2) is 5.58 Å². The van der Waals surface area contributed by atoms with Crippen molar-refractivity contribution in [1.29, 1.82) is 0 Å². The standard InChI is InChI=1S/C52H38N4O2Si/c1-29-19-23-45-51(47(29)32-20-21-36-33-12-6-7-13-34(33)40-27-53-28-54-49(40)37-15-9-8-14-35(37)39(36)25-32)57-44-24-31(3)38(26-46(44)59(45,4)5)48-30(2)18-22-43-50(48)58-52-55-41-16-10-11-17-42(41)56(43)52/h6-28H,1-5H3/i1D3,2D3,3D3,4D3,5D3. The maximum absolute atomic E-state index is 9.40. The van der Waals surface area contributed by atoms with E-state index in [1.807, 2.05) is 54.6 Å². The number of ether oxygens (including phenoxy) is 1. The molecule has 0 saturated heterocycles. The van der Waals surface area contributed by atoms with Gasteiger partial charge >= 0.3 is 5.84 Å². The summed E-state index contributed by atoms with van der Waals surface area (Å²) in [6.45, 7) is -15.7. The van der Waals surface area contributed by atoms with E-state index in [9.17, 15) is 8.22 Å². The zero-order chi connectivity index (χ0) is 52.2. The topological polar surface area (TPSA) is 65.5 Å². The number of fused-ring (bicyclic) bond motifs is 15. The van der Waals surface area contributed by atoms with E-state index in [1.54, 1.807) is 47.0 Å². The predicted octanol–water partition coefficient (Wildman–Crippen LogP) is 12.2. The van der Waals surface area contributed by atoms with Gasteiger partial charge in [-0.15, -0.1) is 0 Å². The smallest absolute Gasteiger partial charge is 0.307 e. The fourth-order valence-electron chi connectivity index (χ4n) is 8.98. The summed E-state index contributed by atoms with van der Waals surface area (Å²) in [5, 5.41) is -0.666. The Morgan fingerprint density at radius 3 is 2.15 bits per heavy atom. The summed E-state index contributed by atoms with van der Waals surface area (Å²) in [6.07, 6.45) is 3.21. The van der Waals surface area contributed by atoms with Crippen LogP contribution in [-0.4, -0.2) is 27.4 Å². The van der Waals surface area contributed by atoms with Crippen molar-refractivity contribution in [2.24, 2.45) is 0 Å². The molecule has 0 saturated carbocycles. The lowest BCUT2D eigenvalue weighted by Gasteiger charge is -2.35. The number of aryl methyl sites for hydroxylation is 3. The SMILES string of the molecule is [2H]C([2H])([2H])c1cc2c(cc1-c1c(C([2H])([2H])[2H])ccc3c1oc1nc4ccccc4n13)[Si](C([2H])([2H])[2H])(C([2H])([2H])[2H])c1ccc(C([2H])([2H])[2H])c(-c3ccc4c(c3)-c3ccccc3-c3ncncc3-c3ccccc3-4)c1O2. The summed E-state index contributed by atoms with van der Waals surface area (Å²) >= 11 is 0. The number of rotatable bonds is 2. The highest BCUT2D eigenvalue weighted by Gasteiger charge is 2.39. The van der Waals surface area contributed by atoms with Gasteiger partial charge in [0.05, 0.1) is 22.2 Å². The van der Waals surface area contributed by atoms with Crippen molar-refractivity contribution < 1.29 is 29.7 Å². The summed E-state index contributed by atoms with van der Waals surface area (Å²) in [5.41, 5.74) is 5.75. The van der Waals surface area contributed by atoms with Crippen LogP contribution in [0.25, 0.3) is 94.9 Å². The van der Waals surface area contributed by atoms with E-state index in [0.717, 1.165) is 45.5 Å². The Kier molecular flexibility index (Phi) is 4.59. The van der Waals surface area contributed by atoms with Crippen LogP contribution in [0.2, 0.25) is 13.0 Å². The summed E-state index contributed by atoms with van der Waals surface area (Å²) in [7, 11) is -5.49. The Morgan fingerprint density at radius 1 is 0.593 bits per heavy atom. The van der Waals surface area contributed by atoms with Gasteiger partial charge in [-0.3, -0.25) is 4.40 Å². The van der Waals surface area contributed by atoms with Gasteiger partial charge in [-0.2, -0.15) is 4.98 Å². The van der Waals surface area contributed by atoms with Crippen LogP contribution in [0, 0.1) is 20.6 Å². The van der Waals surface area contributed by atoms with Crippen molar-refractivity contribution in [1.82, 2.24) is 19.4 Å². The second-order valence-electron chi connectivity index (χ2n) is 14.9. The molecule has 12 rings (SSSR count). The summed E-state index contributed by atoms with van der Waals surface area (Å²) in [6, 6.07) is 35.1. The summed E-state index contributed by atoms with van der Waals surface area (Å²) in [5.74, 6) is -0.752. The molecule has 0 bridgehead atoms. The molecule has 1 aliphatic carbocycles. The molecule has 2 aliphatic rings. The van der Waals surface area contributed by atoms with Crippen LogP contribution in [-0.2, 0) is 0 Å². The van der Waals surface area contributed by atoms with E-state index >= 15 is 0 Å². The molecule has 0 unspecified atom stereocenters. The Hall–Kier alpha value is -7.09. The third kappa shape index (κ3) is 4.76. The van der Waals surface area contributed by atoms with Crippen molar-refractivity contribution in [3.63, 3.8) is 0 Å². The minimum Gasteiger partial charge on any atom is -0.457 e. The molecule has 7 aromatic carbocycles. The van der Waals surface area contributed by atoms with Gasteiger partial charge in [0.25, 0.3) is 0 Å². The minimum atomic E-state index is -5.49. The van der Waals surface area contributed by atoms with E-state index in [1.165, 1.54) is 30.6 Å². The molecule has 4 heterocycles. The van der Waals surface area contributed by atoms with Gasteiger partial charge in [0.2, 0.25) is 0 Å². The monoisotopic (exact) mass is 793 g/mol. The molecule has 0 radical (unpaired) electrons. The quantitative estimate of drug-likeness (QED) is 0.163. The second-order valence-corrected chi connectivity index (χ2v) is 17.5. The average Bonchev–Trinajstić information content (AvgIpc) is 3.90. The molecule has 0 amide bonds. The molecule has 7 heteroatoms. The Bertz CT molecular complexity index is 4000. The largest absolute Gasteiger partial charge is 0.457 e. The predicted molar refractivity (Wildman–Crippen MR) is 242 cm³/mol. The maximum Gasteiger partial charge on any atom is 0.307 e. The van der Waals surface area contributed by atoms with Gasteiger partial charge in [-0.05, 0) is 117 Å².